The quantitative estimate of drug-likeness (QED) is 0.833. The van der Waals surface area contributed by atoms with Gasteiger partial charge in [-0.1, -0.05) is 17.7 Å². The lowest BCUT2D eigenvalue weighted by atomic mass is 10.2. The van der Waals surface area contributed by atoms with Gasteiger partial charge < -0.3 is 0 Å². The molecule has 1 heterocycles. The summed E-state index contributed by atoms with van der Waals surface area (Å²) < 4.78 is 27.6. The average molecular weight is 316 g/mol. The van der Waals surface area contributed by atoms with Crippen molar-refractivity contribution in [2.24, 2.45) is 0 Å². The molecule has 0 spiro atoms. The molecule has 2 rings (SSSR count). The molecule has 0 unspecified atom stereocenters. The molecule has 0 radical (unpaired) electrons. The van der Waals surface area contributed by atoms with Gasteiger partial charge in [-0.05, 0) is 32.4 Å². The van der Waals surface area contributed by atoms with Gasteiger partial charge in [-0.2, -0.15) is 5.10 Å². The van der Waals surface area contributed by atoms with Crippen LogP contribution < -0.4 is 4.72 Å². The maximum Gasteiger partial charge on any atom is 0.213 e. The third kappa shape index (κ3) is 3.31. The van der Waals surface area contributed by atoms with E-state index in [2.05, 4.69) is 9.82 Å². The Kier molecular flexibility index (Phi) is 4.67. The Morgan fingerprint density at radius 1 is 1.40 bits per heavy atom. The highest BCUT2D eigenvalue weighted by atomic mass is 35.5. The molecule has 0 aliphatic carbocycles. The Morgan fingerprint density at radius 3 is 2.85 bits per heavy atom. The Balaban J connectivity index is 1.96. The second-order valence-corrected chi connectivity index (χ2v) is 7.61. The molecule has 0 bridgehead atoms. The molecule has 0 aliphatic heterocycles. The van der Waals surface area contributed by atoms with Crippen LogP contribution in [0.1, 0.15) is 20.3 Å². The number of hydrogen-bond acceptors (Lipinski definition) is 3. The molecule has 0 amide bonds. The maximum atomic E-state index is 11.6. The summed E-state index contributed by atoms with van der Waals surface area (Å²) in [4.78, 5) is 0. The summed E-state index contributed by atoms with van der Waals surface area (Å²) in [6.07, 6.45) is 2.41. The van der Waals surface area contributed by atoms with Gasteiger partial charge in [0.2, 0.25) is 10.0 Å². The van der Waals surface area contributed by atoms with Crippen molar-refractivity contribution in [3.05, 3.63) is 29.4 Å². The highest BCUT2D eigenvalue weighted by Gasteiger charge is 2.14. The smallest absolute Gasteiger partial charge is 0.213 e. The number of hydrogen-bond donors (Lipinski definition) is 1. The predicted octanol–water partition coefficient (Wildman–Crippen LogP) is 2.41. The van der Waals surface area contributed by atoms with E-state index in [1.807, 2.05) is 22.9 Å². The first kappa shape index (κ1) is 15.3. The number of aromatic nitrogens is 2. The summed E-state index contributed by atoms with van der Waals surface area (Å²) >= 11 is 6.08. The zero-order valence-corrected chi connectivity index (χ0v) is 13.1. The van der Waals surface area contributed by atoms with Crippen LogP contribution in [0.5, 0.6) is 0 Å². The average Bonchev–Trinajstić information content (AvgIpc) is 2.79. The molecule has 110 valence electrons. The van der Waals surface area contributed by atoms with Crippen LogP contribution in [0.15, 0.2) is 24.4 Å². The highest BCUT2D eigenvalue weighted by Crippen LogP contribution is 2.22. The van der Waals surface area contributed by atoms with Crippen molar-refractivity contribution < 1.29 is 8.42 Å². The SMILES string of the molecule is CC(C)S(=O)(=O)NCCCn1ncc2c(Cl)cccc21. The molecule has 1 aromatic carbocycles. The number of sulfonamides is 1. The van der Waals surface area contributed by atoms with Crippen molar-refractivity contribution in [3.63, 3.8) is 0 Å². The molecule has 0 saturated heterocycles. The molecule has 1 aromatic heterocycles. The van der Waals surface area contributed by atoms with Crippen LogP contribution in [0.4, 0.5) is 0 Å². The number of fused-ring (bicyclic) bond motifs is 1. The van der Waals surface area contributed by atoms with Gasteiger partial charge in [-0.3, -0.25) is 4.68 Å². The molecule has 1 N–H and O–H groups in total. The van der Waals surface area contributed by atoms with E-state index < -0.39 is 15.3 Å². The van der Waals surface area contributed by atoms with Gasteiger partial charge >= 0.3 is 0 Å². The first-order chi connectivity index (χ1) is 9.42. The lowest BCUT2D eigenvalue weighted by molar-refractivity contribution is 0.554. The molecule has 0 saturated carbocycles. The van der Waals surface area contributed by atoms with E-state index in [-0.39, 0.29) is 0 Å². The van der Waals surface area contributed by atoms with Crippen molar-refractivity contribution in [2.45, 2.75) is 32.1 Å². The van der Waals surface area contributed by atoms with Crippen molar-refractivity contribution in [1.29, 1.82) is 0 Å². The van der Waals surface area contributed by atoms with Crippen LogP contribution in [-0.4, -0.2) is 30.0 Å². The van der Waals surface area contributed by atoms with Crippen LogP contribution in [0.2, 0.25) is 5.02 Å². The standard InChI is InChI=1S/C13H18ClN3O2S/c1-10(2)20(18,19)16-7-4-8-17-13-6-3-5-12(14)11(13)9-15-17/h3,5-6,9-10,16H,4,7-8H2,1-2H3. The summed E-state index contributed by atoms with van der Waals surface area (Å²) in [6, 6.07) is 5.66. The van der Waals surface area contributed by atoms with Gasteiger partial charge in [0.1, 0.15) is 0 Å². The summed E-state index contributed by atoms with van der Waals surface area (Å²) in [6.45, 7) is 4.36. The van der Waals surface area contributed by atoms with Gasteiger partial charge in [-0.25, -0.2) is 13.1 Å². The predicted molar refractivity (Wildman–Crippen MR) is 81.4 cm³/mol. The van der Waals surface area contributed by atoms with E-state index in [4.69, 9.17) is 11.6 Å². The number of nitrogens with zero attached hydrogens (tertiary/aromatic N) is 2. The molecule has 0 fully saturated rings. The van der Waals surface area contributed by atoms with Gasteiger partial charge in [0.15, 0.2) is 0 Å². The molecule has 0 aliphatic rings. The Bertz CT molecular complexity index is 695. The van der Waals surface area contributed by atoms with Crippen LogP contribution in [-0.2, 0) is 16.6 Å². The number of nitrogens with one attached hydrogen (secondary N) is 1. The molecular formula is C13H18ClN3O2S. The van der Waals surface area contributed by atoms with Gasteiger partial charge in [0.25, 0.3) is 0 Å². The topological polar surface area (TPSA) is 64.0 Å². The number of rotatable bonds is 6. The van der Waals surface area contributed by atoms with E-state index in [0.717, 1.165) is 10.9 Å². The number of aryl methyl sites for hydroxylation is 1. The normalized spacial score (nSPS) is 12.4. The second kappa shape index (κ2) is 6.11. The fraction of sp³-hybridized carbons (Fsp3) is 0.462. The van der Waals surface area contributed by atoms with Gasteiger partial charge in [-0.15, -0.1) is 0 Å². The van der Waals surface area contributed by atoms with E-state index in [0.29, 0.717) is 24.5 Å². The lowest BCUT2D eigenvalue weighted by Gasteiger charge is -2.09. The first-order valence-electron chi connectivity index (χ1n) is 6.50. The van der Waals surface area contributed by atoms with Crippen LogP contribution in [0.25, 0.3) is 10.9 Å². The lowest BCUT2D eigenvalue weighted by Crippen LogP contribution is -2.31. The van der Waals surface area contributed by atoms with Crippen LogP contribution in [0.3, 0.4) is 0 Å². The van der Waals surface area contributed by atoms with Gasteiger partial charge in [0, 0.05) is 18.5 Å². The van der Waals surface area contributed by atoms with Crippen LogP contribution in [0, 0.1) is 0 Å². The third-order valence-electron chi connectivity index (χ3n) is 3.10. The van der Waals surface area contributed by atoms with E-state index in [1.54, 1.807) is 20.0 Å². The fourth-order valence-corrected chi connectivity index (χ4v) is 2.84. The van der Waals surface area contributed by atoms with E-state index >= 15 is 0 Å². The summed E-state index contributed by atoms with van der Waals surface area (Å²) in [5.74, 6) is 0. The summed E-state index contributed by atoms with van der Waals surface area (Å²) in [5.41, 5.74) is 0.962. The monoisotopic (exact) mass is 315 g/mol. The zero-order valence-electron chi connectivity index (χ0n) is 11.5. The van der Waals surface area contributed by atoms with Gasteiger partial charge in [0.05, 0.1) is 22.0 Å². The fourth-order valence-electron chi connectivity index (χ4n) is 1.86. The van der Waals surface area contributed by atoms with Crippen LogP contribution >= 0.6 is 11.6 Å². The highest BCUT2D eigenvalue weighted by molar-refractivity contribution is 7.90. The van der Waals surface area contributed by atoms with Crippen molar-refractivity contribution in [1.82, 2.24) is 14.5 Å². The molecule has 0 atom stereocenters. The minimum Gasteiger partial charge on any atom is -0.265 e. The van der Waals surface area contributed by atoms with E-state index in [1.165, 1.54) is 0 Å². The molecule has 7 heteroatoms. The second-order valence-electron chi connectivity index (χ2n) is 4.88. The zero-order chi connectivity index (χ0) is 14.8. The minimum absolute atomic E-state index is 0.405. The Labute approximate surface area is 124 Å². The van der Waals surface area contributed by atoms with Crippen molar-refractivity contribution in [3.8, 4) is 0 Å². The number of benzene rings is 1. The largest absolute Gasteiger partial charge is 0.265 e. The Hall–Kier alpha value is -1.11. The molecular weight excluding hydrogens is 298 g/mol. The van der Waals surface area contributed by atoms with Crippen molar-refractivity contribution >= 4 is 32.5 Å². The number of halogens is 1. The maximum absolute atomic E-state index is 11.6. The summed E-state index contributed by atoms with van der Waals surface area (Å²) in [7, 11) is -3.19. The first-order valence-corrected chi connectivity index (χ1v) is 8.43. The third-order valence-corrected chi connectivity index (χ3v) is 5.28. The molecule has 2 aromatic rings. The Morgan fingerprint density at radius 2 is 2.15 bits per heavy atom. The van der Waals surface area contributed by atoms with Crippen molar-refractivity contribution in [2.75, 3.05) is 6.54 Å². The van der Waals surface area contributed by atoms with E-state index in [9.17, 15) is 8.42 Å². The molecule has 20 heavy (non-hydrogen) atoms. The minimum atomic E-state index is -3.19. The summed E-state index contributed by atoms with van der Waals surface area (Å²) in [5, 5.41) is 5.46. The molecule has 5 nitrogen and oxygen atoms in total.